The van der Waals surface area contributed by atoms with Crippen molar-refractivity contribution in [3.05, 3.63) is 18.2 Å². The van der Waals surface area contributed by atoms with E-state index >= 15 is 0 Å². The normalized spacial score (nSPS) is 21.0. The van der Waals surface area contributed by atoms with Gasteiger partial charge in [0.2, 0.25) is 5.91 Å². The highest BCUT2D eigenvalue weighted by molar-refractivity contribution is 6.62. The van der Waals surface area contributed by atoms with Gasteiger partial charge in [-0.25, -0.2) is 4.99 Å². The Morgan fingerprint density at radius 3 is 2.89 bits per heavy atom. The molecule has 1 saturated heterocycles. The van der Waals surface area contributed by atoms with Gasteiger partial charge in [-0.2, -0.15) is 0 Å². The van der Waals surface area contributed by atoms with Gasteiger partial charge in [-0.05, 0) is 38.5 Å². The van der Waals surface area contributed by atoms with Gasteiger partial charge in [0.1, 0.15) is 12.3 Å². The molecule has 1 atom stereocenters. The Kier molecular flexibility index (Phi) is 5.55. The summed E-state index contributed by atoms with van der Waals surface area (Å²) in [6.07, 6.45) is 2.59. The average molecular weight is 371 g/mol. The summed E-state index contributed by atoms with van der Waals surface area (Å²) >= 11 is 0. The number of amidine groups is 1. The van der Waals surface area contributed by atoms with E-state index in [0.717, 1.165) is 25.2 Å². The molecular weight excluding hydrogens is 344 g/mol. The predicted octanol–water partition coefficient (Wildman–Crippen LogP) is 1.31. The summed E-state index contributed by atoms with van der Waals surface area (Å²) < 4.78 is 1.71. The summed E-state index contributed by atoms with van der Waals surface area (Å²) in [6.45, 7) is 7.36. The Labute approximate surface area is 159 Å². The second-order valence-corrected chi connectivity index (χ2v) is 7.23. The van der Waals surface area contributed by atoms with Crippen LogP contribution in [0.15, 0.2) is 28.3 Å². The van der Waals surface area contributed by atoms with Crippen LogP contribution in [0.3, 0.4) is 0 Å². The molecule has 0 bridgehead atoms. The van der Waals surface area contributed by atoms with Crippen LogP contribution in [0.5, 0.6) is 0 Å². The van der Waals surface area contributed by atoms with Crippen LogP contribution < -0.4 is 16.0 Å². The number of hydrogen-bond acceptors (Lipinski definition) is 6. The van der Waals surface area contributed by atoms with E-state index in [0.29, 0.717) is 28.8 Å². The lowest BCUT2D eigenvalue weighted by molar-refractivity contribution is -0.560. The number of nitrogens with two attached hydrogens (primary N) is 1. The number of hydrazone groups is 1. The molecule has 1 unspecified atom stereocenters. The molecule has 3 rings (SSSR count). The summed E-state index contributed by atoms with van der Waals surface area (Å²) in [6, 6.07) is 5.91. The van der Waals surface area contributed by atoms with Crippen molar-refractivity contribution in [1.82, 2.24) is 0 Å². The number of hydrogen-bond donors (Lipinski definition) is 3. The Morgan fingerprint density at radius 2 is 2.30 bits per heavy atom. The maximum atomic E-state index is 11.7. The van der Waals surface area contributed by atoms with Crippen molar-refractivity contribution < 1.29 is 14.6 Å². The zero-order valence-corrected chi connectivity index (χ0v) is 16.0. The standard InChI is InChI=1S/C19H26N6O2/c1-12(2)25-19(20)18(9-21-25)23-16-5-4-15(8-17(16)22-13(3)27)24-7-6-14(10-24)11-26/h4-5,8-9,12,14,26H,6-7,10-11H2,1-3H3,(H2,20,21,22,27)/p+1. The van der Waals surface area contributed by atoms with Gasteiger partial charge >= 0.3 is 5.84 Å². The van der Waals surface area contributed by atoms with Crippen molar-refractivity contribution in [3.8, 4) is 0 Å². The molecule has 0 saturated carbocycles. The number of aliphatic imine (C=N–C) groups is 1. The molecule has 4 N–H and O–H groups in total. The van der Waals surface area contributed by atoms with Crippen molar-refractivity contribution in [3.63, 3.8) is 0 Å². The Hall–Kier alpha value is -2.74. The molecule has 2 aliphatic heterocycles. The zero-order chi connectivity index (χ0) is 19.6. The fourth-order valence-corrected chi connectivity index (χ4v) is 3.31. The number of aliphatic hydroxyl groups is 1. The number of carbonyl (C=O) groups excluding carboxylic acids is 1. The predicted molar refractivity (Wildman–Crippen MR) is 108 cm³/mol. The molecule has 27 heavy (non-hydrogen) atoms. The number of aliphatic hydroxyl groups excluding tert-OH is 1. The third-order valence-electron chi connectivity index (χ3n) is 4.74. The van der Waals surface area contributed by atoms with E-state index in [9.17, 15) is 9.90 Å². The van der Waals surface area contributed by atoms with E-state index in [1.165, 1.54) is 6.92 Å². The van der Waals surface area contributed by atoms with E-state index in [1.807, 2.05) is 32.0 Å². The first-order valence-electron chi connectivity index (χ1n) is 9.21. The van der Waals surface area contributed by atoms with Crippen LogP contribution >= 0.6 is 0 Å². The highest BCUT2D eigenvalue weighted by Crippen LogP contribution is 2.33. The largest absolute Gasteiger partial charge is 0.396 e. The summed E-state index contributed by atoms with van der Waals surface area (Å²) in [5.74, 6) is 0.623. The lowest BCUT2D eigenvalue weighted by Crippen LogP contribution is -2.31. The Morgan fingerprint density at radius 1 is 1.52 bits per heavy atom. The Balaban J connectivity index is 1.93. The summed E-state index contributed by atoms with van der Waals surface area (Å²) in [7, 11) is 0. The number of nitrogens with one attached hydrogen (secondary N) is 1. The van der Waals surface area contributed by atoms with Crippen LogP contribution in [-0.4, -0.2) is 59.2 Å². The highest BCUT2D eigenvalue weighted by atomic mass is 16.3. The molecule has 1 amide bonds. The molecule has 0 aromatic heterocycles. The minimum Gasteiger partial charge on any atom is -0.396 e. The van der Waals surface area contributed by atoms with Crippen molar-refractivity contribution in [1.29, 1.82) is 0 Å². The van der Waals surface area contributed by atoms with Crippen molar-refractivity contribution in [2.24, 2.45) is 21.7 Å². The molecule has 0 spiro atoms. The molecule has 2 aliphatic rings. The molecule has 0 aliphatic carbocycles. The third kappa shape index (κ3) is 4.16. The third-order valence-corrected chi connectivity index (χ3v) is 4.74. The van der Waals surface area contributed by atoms with Crippen LogP contribution in [0.1, 0.15) is 27.2 Å². The Bertz CT molecular complexity index is 827. The van der Waals surface area contributed by atoms with Gasteiger partial charge < -0.3 is 15.3 Å². The second kappa shape index (κ2) is 7.87. The van der Waals surface area contributed by atoms with Gasteiger partial charge in [0.25, 0.3) is 0 Å². The van der Waals surface area contributed by atoms with Gasteiger partial charge in [0.05, 0.1) is 11.4 Å². The number of rotatable bonds is 5. The lowest BCUT2D eigenvalue weighted by atomic mass is 10.1. The summed E-state index contributed by atoms with van der Waals surface area (Å²) in [5, 5.41) is 16.5. The molecule has 1 fully saturated rings. The number of anilines is 2. The number of benzene rings is 1. The van der Waals surface area contributed by atoms with Crippen LogP contribution in [0.4, 0.5) is 17.1 Å². The van der Waals surface area contributed by atoms with Gasteiger partial charge in [-0.1, -0.05) is 5.10 Å². The highest BCUT2D eigenvalue weighted by Gasteiger charge is 2.25. The van der Waals surface area contributed by atoms with Gasteiger partial charge in [-0.15, -0.1) is 4.68 Å². The fourth-order valence-electron chi connectivity index (χ4n) is 3.31. The lowest BCUT2D eigenvalue weighted by Gasteiger charge is -2.20. The van der Waals surface area contributed by atoms with E-state index < -0.39 is 0 Å². The number of amides is 1. The molecule has 8 heteroatoms. The maximum absolute atomic E-state index is 11.7. The molecule has 2 heterocycles. The summed E-state index contributed by atoms with van der Waals surface area (Å²) in [5.41, 5.74) is 8.98. The first-order chi connectivity index (χ1) is 12.9. The van der Waals surface area contributed by atoms with Gasteiger partial charge in [0, 0.05) is 38.2 Å². The quantitative estimate of drug-likeness (QED) is 0.679. The van der Waals surface area contributed by atoms with Crippen LogP contribution in [0, 0.1) is 5.92 Å². The van der Waals surface area contributed by atoms with E-state index in [1.54, 1.807) is 10.9 Å². The van der Waals surface area contributed by atoms with Crippen molar-refractivity contribution >= 4 is 40.7 Å². The number of nitrogens with zero attached hydrogens (tertiary/aromatic N) is 4. The first-order valence-corrected chi connectivity index (χ1v) is 9.21. The first kappa shape index (κ1) is 19.0. The van der Waals surface area contributed by atoms with Crippen LogP contribution in [0.2, 0.25) is 0 Å². The molecule has 1 aromatic rings. The van der Waals surface area contributed by atoms with Crippen molar-refractivity contribution in [2.75, 3.05) is 29.9 Å². The zero-order valence-electron chi connectivity index (χ0n) is 16.0. The van der Waals surface area contributed by atoms with E-state index in [4.69, 9.17) is 5.73 Å². The average Bonchev–Trinajstić information content (AvgIpc) is 3.23. The minimum atomic E-state index is -0.163. The van der Waals surface area contributed by atoms with Gasteiger partial charge in [-0.3, -0.25) is 10.5 Å². The molecule has 1 aromatic carbocycles. The van der Waals surface area contributed by atoms with Crippen LogP contribution in [0.25, 0.3) is 0 Å². The molecule has 144 valence electrons. The maximum Gasteiger partial charge on any atom is 0.321 e. The molecular formula is C19H27N6O2+. The SMILES string of the molecule is CC(=O)Nc1cc(N2CCC(CO)C2)ccc1N=C1C=N[N+](C(C)C)=C1N. The molecule has 8 nitrogen and oxygen atoms in total. The van der Waals surface area contributed by atoms with Gasteiger partial charge in [0.15, 0.2) is 5.71 Å². The topological polar surface area (TPSA) is 106 Å². The molecule has 0 radical (unpaired) electrons. The minimum absolute atomic E-state index is 0.140. The monoisotopic (exact) mass is 371 g/mol. The number of carbonyl (C=O) groups is 1. The van der Waals surface area contributed by atoms with E-state index in [2.05, 4.69) is 20.3 Å². The fraction of sp³-hybridized carbons (Fsp3) is 0.474. The van der Waals surface area contributed by atoms with E-state index in [-0.39, 0.29) is 18.6 Å². The van der Waals surface area contributed by atoms with Crippen molar-refractivity contribution in [2.45, 2.75) is 33.2 Å². The second-order valence-electron chi connectivity index (χ2n) is 7.23. The van der Waals surface area contributed by atoms with Crippen LogP contribution in [-0.2, 0) is 4.79 Å². The summed E-state index contributed by atoms with van der Waals surface area (Å²) in [4.78, 5) is 18.5. The smallest absolute Gasteiger partial charge is 0.321 e.